The van der Waals surface area contributed by atoms with Crippen molar-refractivity contribution in [3.8, 4) is 0 Å². The summed E-state index contributed by atoms with van der Waals surface area (Å²) < 4.78 is 7.46. The molecule has 2 aromatic rings. The first-order valence-electron chi connectivity index (χ1n) is 7.65. The van der Waals surface area contributed by atoms with E-state index in [9.17, 15) is 14.4 Å². The number of amides is 1. The largest absolute Gasteiger partial charge is 0.468 e. The lowest BCUT2D eigenvalue weighted by atomic mass is 10.2. The fourth-order valence-electron chi connectivity index (χ4n) is 2.38. The first-order chi connectivity index (χ1) is 11.2. The van der Waals surface area contributed by atoms with Crippen LogP contribution in [0.2, 0.25) is 0 Å². The van der Waals surface area contributed by atoms with Crippen molar-refractivity contribution >= 4 is 17.4 Å². The first kappa shape index (κ1) is 17.7. The fourth-order valence-corrected chi connectivity index (χ4v) is 2.38. The van der Waals surface area contributed by atoms with Crippen LogP contribution in [0.1, 0.15) is 38.1 Å². The molecular formula is C16H22N4O4. The van der Waals surface area contributed by atoms with E-state index >= 15 is 0 Å². The van der Waals surface area contributed by atoms with Gasteiger partial charge in [-0.2, -0.15) is 5.10 Å². The average molecular weight is 334 g/mol. The number of nitrogens with zero attached hydrogens (tertiary/aromatic N) is 4. The second-order valence-electron chi connectivity index (χ2n) is 6.03. The van der Waals surface area contributed by atoms with Crippen molar-refractivity contribution in [1.29, 1.82) is 0 Å². The maximum absolute atomic E-state index is 12.6. The number of methoxy groups -OCH3 is 1. The summed E-state index contributed by atoms with van der Waals surface area (Å²) in [5, 5.41) is 4.30. The van der Waals surface area contributed by atoms with Crippen molar-refractivity contribution < 1.29 is 14.3 Å². The molecule has 8 heteroatoms. The Morgan fingerprint density at radius 2 is 2.04 bits per heavy atom. The molecule has 0 radical (unpaired) electrons. The Kier molecular flexibility index (Phi) is 5.06. The van der Waals surface area contributed by atoms with Gasteiger partial charge in [0.25, 0.3) is 5.56 Å². The van der Waals surface area contributed by atoms with Gasteiger partial charge in [-0.15, -0.1) is 0 Å². The summed E-state index contributed by atoms with van der Waals surface area (Å²) >= 11 is 0. The summed E-state index contributed by atoms with van der Waals surface area (Å²) in [5.41, 5.74) is 0.871. The fraction of sp³-hybridized carbons (Fsp3) is 0.500. The van der Waals surface area contributed by atoms with Crippen LogP contribution in [0.4, 0.5) is 0 Å². The van der Waals surface area contributed by atoms with Crippen molar-refractivity contribution in [2.45, 2.75) is 39.8 Å². The van der Waals surface area contributed by atoms with Crippen LogP contribution in [0.15, 0.2) is 17.1 Å². The van der Waals surface area contributed by atoms with E-state index in [1.54, 1.807) is 28.6 Å². The zero-order chi connectivity index (χ0) is 18.0. The molecule has 0 fully saturated rings. The number of hydrogen-bond acceptors (Lipinski definition) is 5. The molecule has 0 spiro atoms. The van der Waals surface area contributed by atoms with Gasteiger partial charge in [-0.3, -0.25) is 18.8 Å². The van der Waals surface area contributed by atoms with Gasteiger partial charge in [-0.25, -0.2) is 4.68 Å². The molecule has 0 aliphatic rings. The zero-order valence-corrected chi connectivity index (χ0v) is 14.6. The number of carbonyl (C=O) groups is 2. The molecule has 0 saturated carbocycles. The smallest absolute Gasteiger partial charge is 0.327 e. The Morgan fingerprint density at radius 3 is 2.58 bits per heavy atom. The van der Waals surface area contributed by atoms with Crippen LogP contribution in [0.5, 0.6) is 0 Å². The minimum atomic E-state index is -0.535. The average Bonchev–Trinajstić information content (AvgIpc) is 2.93. The van der Waals surface area contributed by atoms with Gasteiger partial charge in [0.15, 0.2) is 0 Å². The standard InChI is InChI=1S/C16H22N4O4/c1-10(2)15-17-20(9-14(22)24-5)16(23)13-6-12(8-19(13)15)7-18(4)11(3)21/h6,8,10H,7,9H2,1-5H3. The van der Waals surface area contributed by atoms with Gasteiger partial charge < -0.3 is 9.64 Å². The minimum absolute atomic E-state index is 0.0442. The summed E-state index contributed by atoms with van der Waals surface area (Å²) in [4.78, 5) is 37.0. The number of esters is 1. The van der Waals surface area contributed by atoms with E-state index in [-0.39, 0.29) is 23.9 Å². The van der Waals surface area contributed by atoms with Crippen LogP contribution in [-0.4, -0.2) is 45.1 Å². The highest BCUT2D eigenvalue weighted by molar-refractivity contribution is 5.73. The van der Waals surface area contributed by atoms with Crippen molar-refractivity contribution in [1.82, 2.24) is 19.1 Å². The summed E-state index contributed by atoms with van der Waals surface area (Å²) in [7, 11) is 2.96. The predicted octanol–water partition coefficient (Wildman–Crippen LogP) is 0.771. The van der Waals surface area contributed by atoms with Crippen molar-refractivity contribution in [3.05, 3.63) is 34.0 Å². The molecule has 0 saturated heterocycles. The molecule has 1 amide bonds. The van der Waals surface area contributed by atoms with Crippen molar-refractivity contribution in [2.75, 3.05) is 14.2 Å². The first-order valence-corrected chi connectivity index (χ1v) is 7.65. The lowest BCUT2D eigenvalue weighted by molar-refractivity contribution is -0.141. The van der Waals surface area contributed by atoms with E-state index in [1.165, 1.54) is 14.0 Å². The van der Waals surface area contributed by atoms with E-state index in [4.69, 9.17) is 0 Å². The van der Waals surface area contributed by atoms with Gasteiger partial charge in [0.05, 0.1) is 7.11 Å². The summed E-state index contributed by atoms with van der Waals surface area (Å²) in [6.07, 6.45) is 1.81. The number of carbonyl (C=O) groups excluding carboxylic acids is 2. The monoisotopic (exact) mass is 334 g/mol. The maximum atomic E-state index is 12.6. The third-order valence-electron chi connectivity index (χ3n) is 3.78. The SMILES string of the molecule is COC(=O)Cn1nc(C(C)C)n2cc(CN(C)C(C)=O)cc2c1=O. The molecule has 8 nitrogen and oxygen atoms in total. The lowest BCUT2D eigenvalue weighted by Gasteiger charge is -2.13. The molecule has 0 aromatic carbocycles. The van der Waals surface area contributed by atoms with Gasteiger partial charge in [0.2, 0.25) is 5.91 Å². The van der Waals surface area contributed by atoms with Crippen LogP contribution in [0, 0.1) is 0 Å². The number of rotatable bonds is 5. The molecule has 0 atom stereocenters. The quantitative estimate of drug-likeness (QED) is 0.754. The summed E-state index contributed by atoms with van der Waals surface area (Å²) in [5.74, 6) is 0.107. The Morgan fingerprint density at radius 1 is 1.38 bits per heavy atom. The van der Waals surface area contributed by atoms with Crippen LogP contribution < -0.4 is 5.56 Å². The summed E-state index contributed by atoms with van der Waals surface area (Å²) in [6.45, 7) is 5.55. The molecule has 0 bridgehead atoms. The number of ether oxygens (including phenoxy) is 1. The van der Waals surface area contributed by atoms with Crippen LogP contribution in [-0.2, 0) is 27.4 Å². The van der Waals surface area contributed by atoms with Crippen LogP contribution >= 0.6 is 0 Å². The Labute approximate surface area is 139 Å². The van der Waals surface area contributed by atoms with Gasteiger partial charge >= 0.3 is 5.97 Å². The second-order valence-corrected chi connectivity index (χ2v) is 6.03. The molecule has 0 unspecified atom stereocenters. The zero-order valence-electron chi connectivity index (χ0n) is 14.6. The van der Waals surface area contributed by atoms with Gasteiger partial charge in [0.1, 0.15) is 17.9 Å². The van der Waals surface area contributed by atoms with Crippen molar-refractivity contribution in [3.63, 3.8) is 0 Å². The second kappa shape index (κ2) is 6.86. The molecule has 0 N–H and O–H groups in total. The Hall–Kier alpha value is -2.64. The molecule has 24 heavy (non-hydrogen) atoms. The molecule has 2 heterocycles. The predicted molar refractivity (Wildman–Crippen MR) is 87.7 cm³/mol. The lowest BCUT2D eigenvalue weighted by Crippen LogP contribution is -2.30. The Bertz CT molecular complexity index is 834. The Balaban J connectivity index is 2.57. The number of fused-ring (bicyclic) bond motifs is 1. The van der Waals surface area contributed by atoms with Crippen LogP contribution in [0.25, 0.3) is 5.52 Å². The van der Waals surface area contributed by atoms with Gasteiger partial charge in [-0.05, 0) is 11.6 Å². The van der Waals surface area contributed by atoms with E-state index < -0.39 is 5.97 Å². The van der Waals surface area contributed by atoms with Crippen LogP contribution in [0.3, 0.4) is 0 Å². The van der Waals surface area contributed by atoms with E-state index in [0.29, 0.717) is 17.9 Å². The topological polar surface area (TPSA) is 85.9 Å². The number of hydrogen-bond donors (Lipinski definition) is 0. The molecular weight excluding hydrogens is 312 g/mol. The maximum Gasteiger partial charge on any atom is 0.327 e. The van der Waals surface area contributed by atoms with Crippen molar-refractivity contribution in [2.24, 2.45) is 0 Å². The number of aromatic nitrogens is 3. The highest BCUT2D eigenvalue weighted by atomic mass is 16.5. The third kappa shape index (κ3) is 3.47. The molecule has 2 aromatic heterocycles. The minimum Gasteiger partial charge on any atom is -0.468 e. The highest BCUT2D eigenvalue weighted by Gasteiger charge is 2.17. The third-order valence-corrected chi connectivity index (χ3v) is 3.78. The molecule has 130 valence electrons. The van der Waals surface area contributed by atoms with E-state index in [0.717, 1.165) is 10.2 Å². The molecule has 0 aliphatic heterocycles. The molecule has 2 rings (SSSR count). The highest BCUT2D eigenvalue weighted by Crippen LogP contribution is 2.16. The summed E-state index contributed by atoms with van der Waals surface area (Å²) in [6, 6.07) is 1.73. The van der Waals surface area contributed by atoms with E-state index in [1.807, 2.05) is 13.8 Å². The van der Waals surface area contributed by atoms with Gasteiger partial charge in [-0.1, -0.05) is 13.8 Å². The van der Waals surface area contributed by atoms with E-state index in [2.05, 4.69) is 9.84 Å². The normalized spacial score (nSPS) is 11.1. The molecule has 0 aliphatic carbocycles. The van der Waals surface area contributed by atoms with Gasteiger partial charge in [0, 0.05) is 32.6 Å².